The number of carboxylic acid groups (broad SMARTS) is 1. The molecular weight excluding hydrogens is 440 g/mol. The van der Waals surface area contributed by atoms with Crippen molar-refractivity contribution in [3.8, 4) is 17.2 Å². The predicted molar refractivity (Wildman–Crippen MR) is 123 cm³/mol. The second-order valence-electron chi connectivity index (χ2n) is 8.28. The van der Waals surface area contributed by atoms with Gasteiger partial charge in [-0.05, 0) is 49.2 Å². The molecule has 4 rings (SSSR count). The summed E-state index contributed by atoms with van der Waals surface area (Å²) >= 11 is 0. The number of ether oxygens (including phenoxy) is 4. The SMILES string of the molecule is CCN(CC)C(=O)CN1C[C@H](c2ccc3c(c2)OCO3)[C@H](OC(=O)O)[C@H]1c1ccc(OC)cc1. The summed E-state index contributed by atoms with van der Waals surface area (Å²) in [5, 5.41) is 9.59. The average molecular weight is 471 g/mol. The van der Waals surface area contributed by atoms with Gasteiger partial charge in [0.05, 0.1) is 19.7 Å². The van der Waals surface area contributed by atoms with Crippen molar-refractivity contribution in [1.29, 1.82) is 0 Å². The molecule has 2 aromatic carbocycles. The van der Waals surface area contributed by atoms with Crippen LogP contribution < -0.4 is 14.2 Å². The van der Waals surface area contributed by atoms with E-state index in [2.05, 4.69) is 0 Å². The lowest BCUT2D eigenvalue weighted by Crippen LogP contribution is -2.41. The van der Waals surface area contributed by atoms with Crippen LogP contribution in [0.1, 0.15) is 36.9 Å². The van der Waals surface area contributed by atoms with Gasteiger partial charge in [-0.1, -0.05) is 18.2 Å². The number of nitrogens with zero attached hydrogens (tertiary/aromatic N) is 2. The normalized spacial score (nSPS) is 21.3. The molecule has 0 unspecified atom stereocenters. The standard InChI is InChI=1S/C25H30N2O7/c1-4-26(5-2)22(28)14-27-13-19(17-8-11-20-21(12-17)33-15-32-20)24(34-25(29)30)23(27)16-6-9-18(31-3)10-7-16/h6-12,19,23-24H,4-5,13-15H2,1-3H3,(H,29,30)/t19-,23-,24+/m1/s1. The van der Waals surface area contributed by atoms with Crippen LogP contribution in [0.2, 0.25) is 0 Å². The third kappa shape index (κ3) is 4.75. The number of amides is 1. The highest BCUT2D eigenvalue weighted by Crippen LogP contribution is 2.45. The van der Waals surface area contributed by atoms with Crippen molar-refractivity contribution in [3.63, 3.8) is 0 Å². The highest BCUT2D eigenvalue weighted by atomic mass is 16.7. The number of fused-ring (bicyclic) bond motifs is 1. The molecule has 0 aliphatic carbocycles. The van der Waals surface area contributed by atoms with Crippen LogP contribution in [0.3, 0.4) is 0 Å². The number of hydrogen-bond acceptors (Lipinski definition) is 7. The topological polar surface area (TPSA) is 97.8 Å². The molecule has 2 aliphatic heterocycles. The Morgan fingerprint density at radius 3 is 2.38 bits per heavy atom. The largest absolute Gasteiger partial charge is 0.506 e. The second kappa shape index (κ2) is 10.2. The summed E-state index contributed by atoms with van der Waals surface area (Å²) in [7, 11) is 1.59. The number of carbonyl (C=O) groups is 2. The fourth-order valence-corrected chi connectivity index (χ4v) is 4.81. The lowest BCUT2D eigenvalue weighted by molar-refractivity contribution is -0.132. The molecule has 0 radical (unpaired) electrons. The van der Waals surface area contributed by atoms with Crippen LogP contribution in [0.15, 0.2) is 42.5 Å². The summed E-state index contributed by atoms with van der Waals surface area (Å²) in [6.45, 7) is 5.85. The van der Waals surface area contributed by atoms with Crippen LogP contribution in [-0.4, -0.2) is 73.2 Å². The van der Waals surface area contributed by atoms with E-state index in [0.29, 0.717) is 36.9 Å². The molecule has 3 atom stereocenters. The van der Waals surface area contributed by atoms with E-state index in [1.807, 2.05) is 61.2 Å². The van der Waals surface area contributed by atoms with Crippen LogP contribution in [0.5, 0.6) is 17.2 Å². The monoisotopic (exact) mass is 470 g/mol. The minimum Gasteiger partial charge on any atom is -0.497 e. The quantitative estimate of drug-likeness (QED) is 0.586. The third-order valence-electron chi connectivity index (χ3n) is 6.51. The first kappa shape index (κ1) is 23.7. The van der Waals surface area contributed by atoms with E-state index in [0.717, 1.165) is 11.1 Å². The lowest BCUT2D eigenvalue weighted by Gasteiger charge is -2.29. The maximum atomic E-state index is 13.0. The van der Waals surface area contributed by atoms with Crippen LogP contribution >= 0.6 is 0 Å². The van der Waals surface area contributed by atoms with Gasteiger partial charge in [0.25, 0.3) is 0 Å². The molecule has 2 aliphatic rings. The Balaban J connectivity index is 1.72. The van der Waals surface area contributed by atoms with Crippen LogP contribution in [-0.2, 0) is 9.53 Å². The zero-order valence-corrected chi connectivity index (χ0v) is 19.6. The van der Waals surface area contributed by atoms with Gasteiger partial charge in [-0.25, -0.2) is 4.79 Å². The first-order valence-corrected chi connectivity index (χ1v) is 11.4. The predicted octanol–water partition coefficient (Wildman–Crippen LogP) is 3.50. The van der Waals surface area contributed by atoms with E-state index >= 15 is 0 Å². The summed E-state index contributed by atoms with van der Waals surface area (Å²) in [4.78, 5) is 28.6. The highest BCUT2D eigenvalue weighted by Gasteiger charge is 2.47. The molecule has 9 nitrogen and oxygen atoms in total. The molecule has 2 heterocycles. The summed E-state index contributed by atoms with van der Waals surface area (Å²) in [6.07, 6.45) is -2.08. The summed E-state index contributed by atoms with van der Waals surface area (Å²) in [5.41, 5.74) is 1.72. The summed E-state index contributed by atoms with van der Waals surface area (Å²) < 4.78 is 21.7. The van der Waals surface area contributed by atoms with E-state index < -0.39 is 18.3 Å². The van der Waals surface area contributed by atoms with Gasteiger partial charge in [0.2, 0.25) is 12.7 Å². The van der Waals surface area contributed by atoms with Crippen LogP contribution in [0.4, 0.5) is 4.79 Å². The van der Waals surface area contributed by atoms with Crippen molar-refractivity contribution in [3.05, 3.63) is 53.6 Å². The van der Waals surface area contributed by atoms with Gasteiger partial charge in [-0.3, -0.25) is 9.69 Å². The third-order valence-corrected chi connectivity index (χ3v) is 6.51. The van der Waals surface area contributed by atoms with Gasteiger partial charge in [-0.15, -0.1) is 0 Å². The molecule has 182 valence electrons. The Morgan fingerprint density at radius 2 is 1.74 bits per heavy atom. The number of likely N-dealkylation sites (tertiary alicyclic amines) is 1. The maximum Gasteiger partial charge on any atom is 0.506 e. The smallest absolute Gasteiger partial charge is 0.497 e. The fraction of sp³-hybridized carbons (Fsp3) is 0.440. The van der Waals surface area contributed by atoms with Crippen molar-refractivity contribution in [2.45, 2.75) is 31.9 Å². The van der Waals surface area contributed by atoms with Crippen molar-refractivity contribution in [2.75, 3.05) is 40.1 Å². The van der Waals surface area contributed by atoms with Gasteiger partial charge >= 0.3 is 6.16 Å². The molecule has 0 spiro atoms. The summed E-state index contributed by atoms with van der Waals surface area (Å²) in [5.74, 6) is 1.64. The Kier molecular flexibility index (Phi) is 7.12. The first-order chi connectivity index (χ1) is 16.4. The molecule has 1 amide bonds. The number of benzene rings is 2. The van der Waals surface area contributed by atoms with Gasteiger partial charge < -0.3 is 29.0 Å². The van der Waals surface area contributed by atoms with Gasteiger partial charge in [0, 0.05) is 25.6 Å². The zero-order chi connectivity index (χ0) is 24.2. The van der Waals surface area contributed by atoms with E-state index in [1.54, 1.807) is 12.0 Å². The van der Waals surface area contributed by atoms with E-state index in [1.165, 1.54) is 0 Å². The van der Waals surface area contributed by atoms with E-state index in [4.69, 9.17) is 18.9 Å². The average Bonchev–Trinajstić information content (AvgIpc) is 3.43. The molecule has 0 saturated carbocycles. The minimum atomic E-state index is -1.36. The molecule has 1 N–H and O–H groups in total. The maximum absolute atomic E-state index is 13.0. The Morgan fingerprint density at radius 1 is 1.06 bits per heavy atom. The molecule has 0 aromatic heterocycles. The van der Waals surface area contributed by atoms with Crippen molar-refractivity contribution >= 4 is 12.1 Å². The fourth-order valence-electron chi connectivity index (χ4n) is 4.81. The van der Waals surface area contributed by atoms with E-state index in [9.17, 15) is 14.7 Å². The van der Waals surface area contributed by atoms with Crippen molar-refractivity contribution in [2.24, 2.45) is 0 Å². The van der Waals surface area contributed by atoms with Gasteiger partial charge in [0.1, 0.15) is 11.9 Å². The molecule has 0 bridgehead atoms. The molecule has 1 fully saturated rings. The number of hydrogen-bond donors (Lipinski definition) is 1. The number of rotatable bonds is 8. The molecule has 2 aromatic rings. The first-order valence-electron chi connectivity index (χ1n) is 11.4. The lowest BCUT2D eigenvalue weighted by atomic mass is 9.90. The Labute approximate surface area is 198 Å². The van der Waals surface area contributed by atoms with Gasteiger partial charge in [-0.2, -0.15) is 0 Å². The van der Waals surface area contributed by atoms with Crippen LogP contribution in [0, 0.1) is 0 Å². The zero-order valence-electron chi connectivity index (χ0n) is 19.6. The molecular formula is C25H30N2O7. The number of methoxy groups -OCH3 is 1. The van der Waals surface area contributed by atoms with Crippen molar-refractivity contribution in [1.82, 2.24) is 9.80 Å². The highest BCUT2D eigenvalue weighted by molar-refractivity contribution is 5.78. The van der Waals surface area contributed by atoms with Crippen molar-refractivity contribution < 1.29 is 33.6 Å². The molecule has 34 heavy (non-hydrogen) atoms. The Hall–Kier alpha value is -3.46. The number of carbonyl (C=O) groups excluding carboxylic acids is 1. The molecule has 9 heteroatoms. The summed E-state index contributed by atoms with van der Waals surface area (Å²) in [6, 6.07) is 12.6. The Bertz CT molecular complexity index is 1020. The number of likely N-dealkylation sites (N-methyl/N-ethyl adjacent to an activating group) is 1. The second-order valence-corrected chi connectivity index (χ2v) is 8.28. The van der Waals surface area contributed by atoms with Gasteiger partial charge in [0.15, 0.2) is 11.5 Å². The minimum absolute atomic E-state index is 0.0103. The molecule has 1 saturated heterocycles. The van der Waals surface area contributed by atoms with E-state index in [-0.39, 0.29) is 25.2 Å². The van der Waals surface area contributed by atoms with Crippen LogP contribution in [0.25, 0.3) is 0 Å².